The lowest BCUT2D eigenvalue weighted by Crippen LogP contribution is -1.99. The Morgan fingerprint density at radius 3 is 2.67 bits per heavy atom. The minimum absolute atomic E-state index is 0.0519. The molecule has 21 heavy (non-hydrogen) atoms. The Kier molecular flexibility index (Phi) is 3.64. The molecule has 0 amide bonds. The molecule has 0 saturated heterocycles. The van der Waals surface area contributed by atoms with E-state index in [0.29, 0.717) is 11.7 Å². The summed E-state index contributed by atoms with van der Waals surface area (Å²) in [4.78, 5) is 4.26. The van der Waals surface area contributed by atoms with Gasteiger partial charge in [0.15, 0.2) is 18.2 Å². The molecule has 0 radical (unpaired) electrons. The smallest absolute Gasteiger partial charge is 0.258 e. The Hall–Kier alpha value is -2.69. The molecule has 0 N–H and O–H groups in total. The van der Waals surface area contributed by atoms with Gasteiger partial charge in [0.1, 0.15) is 0 Å². The maximum Gasteiger partial charge on any atom is 0.258 e. The number of hydrogen-bond acceptors (Lipinski definition) is 4. The van der Waals surface area contributed by atoms with Crippen LogP contribution in [0.4, 0.5) is 4.39 Å². The van der Waals surface area contributed by atoms with Gasteiger partial charge in [0, 0.05) is 5.56 Å². The predicted octanol–water partition coefficient (Wildman–Crippen LogP) is 3.76. The summed E-state index contributed by atoms with van der Waals surface area (Å²) in [5.74, 6) is 0.552. The number of aromatic nitrogens is 2. The zero-order chi connectivity index (χ0) is 14.7. The lowest BCUT2D eigenvalue weighted by atomic mass is 10.1. The molecular formula is C16H13FN2O2. The fourth-order valence-electron chi connectivity index (χ4n) is 1.94. The van der Waals surface area contributed by atoms with Crippen LogP contribution in [-0.2, 0) is 6.61 Å². The second-order valence-electron chi connectivity index (χ2n) is 4.55. The van der Waals surface area contributed by atoms with Crippen LogP contribution in [0.2, 0.25) is 0 Å². The number of benzene rings is 2. The molecule has 1 aromatic heterocycles. The second-order valence-corrected chi connectivity index (χ2v) is 4.55. The second kappa shape index (κ2) is 5.75. The first-order chi connectivity index (χ1) is 10.2. The quantitative estimate of drug-likeness (QED) is 0.732. The Labute approximate surface area is 121 Å². The molecule has 0 aliphatic carbocycles. The minimum atomic E-state index is -0.417. The molecule has 0 spiro atoms. The summed E-state index contributed by atoms with van der Waals surface area (Å²) in [5, 5.41) is 3.84. The number of rotatable bonds is 4. The molecule has 0 fully saturated rings. The first-order valence-electron chi connectivity index (χ1n) is 6.50. The fourth-order valence-corrected chi connectivity index (χ4v) is 1.94. The first kappa shape index (κ1) is 13.3. The van der Waals surface area contributed by atoms with Gasteiger partial charge in [0.25, 0.3) is 5.89 Å². The predicted molar refractivity (Wildman–Crippen MR) is 75.2 cm³/mol. The number of aryl methyl sites for hydroxylation is 1. The number of ether oxygens (including phenoxy) is 1. The average Bonchev–Trinajstić information content (AvgIpc) is 2.96. The number of nitrogens with zero attached hydrogens (tertiary/aromatic N) is 2. The minimum Gasteiger partial charge on any atom is -0.482 e. The molecular weight excluding hydrogens is 271 g/mol. The van der Waals surface area contributed by atoms with Crippen LogP contribution < -0.4 is 4.74 Å². The summed E-state index contributed by atoms with van der Waals surface area (Å²) < 4.78 is 24.0. The van der Waals surface area contributed by atoms with Crippen LogP contribution in [-0.4, -0.2) is 10.1 Å². The van der Waals surface area contributed by atoms with Crippen molar-refractivity contribution in [1.29, 1.82) is 0 Å². The van der Waals surface area contributed by atoms with Crippen LogP contribution in [0.25, 0.3) is 11.5 Å². The topological polar surface area (TPSA) is 48.2 Å². The van der Waals surface area contributed by atoms with Crippen LogP contribution in [0.5, 0.6) is 5.75 Å². The molecule has 0 bridgehead atoms. The third-order valence-corrected chi connectivity index (χ3v) is 3.04. The van der Waals surface area contributed by atoms with E-state index >= 15 is 0 Å². The number of para-hydroxylation sites is 1. The van der Waals surface area contributed by atoms with Gasteiger partial charge in [0.2, 0.25) is 5.82 Å². The van der Waals surface area contributed by atoms with E-state index in [1.807, 2.05) is 31.2 Å². The monoisotopic (exact) mass is 284 g/mol. The van der Waals surface area contributed by atoms with Crippen molar-refractivity contribution in [2.24, 2.45) is 0 Å². The third-order valence-electron chi connectivity index (χ3n) is 3.04. The molecule has 0 saturated carbocycles. The maximum atomic E-state index is 13.4. The van der Waals surface area contributed by atoms with Crippen LogP contribution in [0.1, 0.15) is 11.4 Å². The van der Waals surface area contributed by atoms with Gasteiger partial charge in [-0.15, -0.1) is 0 Å². The Bertz CT molecular complexity index is 755. The lowest BCUT2D eigenvalue weighted by molar-refractivity contribution is 0.274. The molecule has 106 valence electrons. The number of halogens is 1. The highest BCUT2D eigenvalue weighted by atomic mass is 19.1. The van der Waals surface area contributed by atoms with E-state index in [1.54, 1.807) is 18.2 Å². The standard InChI is InChI=1S/C16H13FN2O2/c1-11-6-2-3-7-12(11)16-18-15(19-21-16)10-20-14-9-5-4-8-13(14)17/h2-9H,10H2,1H3. The molecule has 3 aromatic rings. The van der Waals surface area contributed by atoms with E-state index in [-0.39, 0.29) is 12.4 Å². The summed E-state index contributed by atoms with van der Waals surface area (Å²) >= 11 is 0. The summed E-state index contributed by atoms with van der Waals surface area (Å²) in [6, 6.07) is 13.9. The van der Waals surface area contributed by atoms with E-state index in [0.717, 1.165) is 11.1 Å². The van der Waals surface area contributed by atoms with Crippen LogP contribution in [0.3, 0.4) is 0 Å². The van der Waals surface area contributed by atoms with Crippen molar-refractivity contribution in [3.8, 4) is 17.2 Å². The van der Waals surface area contributed by atoms with Gasteiger partial charge in [-0.05, 0) is 30.7 Å². The van der Waals surface area contributed by atoms with Gasteiger partial charge in [-0.25, -0.2) is 4.39 Å². The van der Waals surface area contributed by atoms with E-state index < -0.39 is 5.82 Å². The molecule has 3 rings (SSSR count). The van der Waals surface area contributed by atoms with Gasteiger partial charge in [-0.1, -0.05) is 35.5 Å². The Morgan fingerprint density at radius 1 is 1.10 bits per heavy atom. The van der Waals surface area contributed by atoms with Crippen molar-refractivity contribution in [1.82, 2.24) is 10.1 Å². The van der Waals surface area contributed by atoms with Crippen molar-refractivity contribution in [3.05, 3.63) is 65.7 Å². The highest BCUT2D eigenvalue weighted by molar-refractivity contribution is 5.57. The molecule has 1 heterocycles. The van der Waals surface area contributed by atoms with Crippen LogP contribution in [0.15, 0.2) is 53.1 Å². The van der Waals surface area contributed by atoms with Gasteiger partial charge in [-0.3, -0.25) is 0 Å². The van der Waals surface area contributed by atoms with Gasteiger partial charge in [-0.2, -0.15) is 4.98 Å². The van der Waals surface area contributed by atoms with Crippen molar-refractivity contribution < 1.29 is 13.7 Å². The average molecular weight is 284 g/mol. The molecule has 0 atom stereocenters. The number of hydrogen-bond donors (Lipinski definition) is 0. The highest BCUT2D eigenvalue weighted by Gasteiger charge is 2.11. The molecule has 0 aliphatic rings. The SMILES string of the molecule is Cc1ccccc1-c1nc(COc2ccccc2F)no1. The van der Waals surface area contributed by atoms with Crippen molar-refractivity contribution in [3.63, 3.8) is 0 Å². The largest absolute Gasteiger partial charge is 0.482 e. The van der Waals surface area contributed by atoms with E-state index in [4.69, 9.17) is 9.26 Å². The molecule has 0 aliphatic heterocycles. The van der Waals surface area contributed by atoms with Gasteiger partial charge >= 0.3 is 0 Å². The van der Waals surface area contributed by atoms with Crippen molar-refractivity contribution >= 4 is 0 Å². The Balaban J connectivity index is 1.74. The summed E-state index contributed by atoms with van der Waals surface area (Å²) in [6.07, 6.45) is 0. The molecule has 4 nitrogen and oxygen atoms in total. The Morgan fingerprint density at radius 2 is 1.86 bits per heavy atom. The highest BCUT2D eigenvalue weighted by Crippen LogP contribution is 2.22. The van der Waals surface area contributed by atoms with E-state index in [9.17, 15) is 4.39 Å². The van der Waals surface area contributed by atoms with E-state index in [2.05, 4.69) is 10.1 Å². The van der Waals surface area contributed by atoms with Crippen LogP contribution >= 0.6 is 0 Å². The summed E-state index contributed by atoms with van der Waals surface area (Å²) in [5.41, 5.74) is 1.92. The van der Waals surface area contributed by atoms with Crippen molar-refractivity contribution in [2.75, 3.05) is 0 Å². The normalized spacial score (nSPS) is 10.6. The molecule has 2 aromatic carbocycles. The first-order valence-corrected chi connectivity index (χ1v) is 6.50. The molecule has 5 heteroatoms. The fraction of sp³-hybridized carbons (Fsp3) is 0.125. The lowest BCUT2D eigenvalue weighted by Gasteiger charge is -2.03. The zero-order valence-corrected chi connectivity index (χ0v) is 11.4. The summed E-state index contributed by atoms with van der Waals surface area (Å²) in [6.45, 7) is 2.02. The zero-order valence-electron chi connectivity index (χ0n) is 11.4. The van der Waals surface area contributed by atoms with Crippen LogP contribution in [0, 0.1) is 12.7 Å². The third kappa shape index (κ3) is 2.91. The van der Waals surface area contributed by atoms with Gasteiger partial charge in [0.05, 0.1) is 0 Å². The summed E-state index contributed by atoms with van der Waals surface area (Å²) in [7, 11) is 0. The molecule has 0 unspecified atom stereocenters. The van der Waals surface area contributed by atoms with E-state index in [1.165, 1.54) is 6.07 Å². The van der Waals surface area contributed by atoms with Gasteiger partial charge < -0.3 is 9.26 Å². The maximum absolute atomic E-state index is 13.4. The van der Waals surface area contributed by atoms with Crippen molar-refractivity contribution in [2.45, 2.75) is 13.5 Å².